The lowest BCUT2D eigenvalue weighted by Gasteiger charge is -2.37. The Hall–Kier alpha value is -4.37. The maximum absolute atomic E-state index is 14.8. The van der Waals surface area contributed by atoms with Crippen molar-refractivity contribution in [1.82, 2.24) is 19.4 Å². The molecule has 1 aromatic heterocycles. The van der Waals surface area contributed by atoms with Crippen molar-refractivity contribution in [2.45, 2.75) is 56.8 Å². The van der Waals surface area contributed by atoms with Gasteiger partial charge < -0.3 is 38.6 Å². The van der Waals surface area contributed by atoms with E-state index in [1.807, 2.05) is 55.5 Å². The number of amides is 1. The van der Waals surface area contributed by atoms with Gasteiger partial charge in [-0.25, -0.2) is 4.98 Å². The van der Waals surface area contributed by atoms with Gasteiger partial charge in [-0.1, -0.05) is 42.5 Å². The molecule has 0 aliphatic carbocycles. The van der Waals surface area contributed by atoms with Gasteiger partial charge in [0.2, 0.25) is 17.6 Å². The average molecular weight is 750 g/mol. The van der Waals surface area contributed by atoms with Crippen molar-refractivity contribution in [2.75, 3.05) is 72.3 Å². The van der Waals surface area contributed by atoms with Crippen LogP contribution in [0.15, 0.2) is 66.7 Å². The Kier molecular flexibility index (Phi) is 12.1. The number of nitrogens with one attached hydrogen (secondary N) is 1. The highest BCUT2D eigenvalue weighted by atomic mass is 32.2. The number of imidazole rings is 1. The van der Waals surface area contributed by atoms with Gasteiger partial charge in [0.15, 0.2) is 11.5 Å². The second kappa shape index (κ2) is 16.8. The average Bonchev–Trinajstić information content (AvgIpc) is 3.63. The van der Waals surface area contributed by atoms with E-state index >= 15 is 0 Å². The number of fused-ring (bicyclic) bond motifs is 1. The zero-order chi connectivity index (χ0) is 37.6. The summed E-state index contributed by atoms with van der Waals surface area (Å²) < 4.78 is 55.8. The summed E-state index contributed by atoms with van der Waals surface area (Å²) in [6.07, 6.45) is 2.26. The van der Waals surface area contributed by atoms with Crippen LogP contribution in [0, 0.1) is 0 Å². The first-order valence-electron chi connectivity index (χ1n) is 18.1. The lowest BCUT2D eigenvalue weighted by molar-refractivity contribution is -0.134. The number of para-hydroxylation sites is 2. The Bertz CT molecular complexity index is 1940. The second-order valence-corrected chi connectivity index (χ2v) is 15.2. The van der Waals surface area contributed by atoms with Crippen molar-refractivity contribution >= 4 is 33.0 Å². The van der Waals surface area contributed by atoms with E-state index in [4.69, 9.17) is 28.1 Å². The van der Waals surface area contributed by atoms with Crippen molar-refractivity contribution in [3.63, 3.8) is 0 Å². The van der Waals surface area contributed by atoms with E-state index in [0.717, 1.165) is 60.3 Å². The van der Waals surface area contributed by atoms with Crippen LogP contribution in [0.25, 0.3) is 11.0 Å². The van der Waals surface area contributed by atoms with E-state index in [9.17, 15) is 13.2 Å². The summed E-state index contributed by atoms with van der Waals surface area (Å²) in [5.74, 6) is 2.04. The molecule has 1 N–H and O–H groups in total. The van der Waals surface area contributed by atoms with Gasteiger partial charge >= 0.3 is 0 Å². The molecule has 13 nitrogen and oxygen atoms in total. The molecule has 3 heterocycles. The van der Waals surface area contributed by atoms with Crippen LogP contribution in [0.3, 0.4) is 0 Å². The van der Waals surface area contributed by atoms with Crippen LogP contribution in [0.5, 0.6) is 17.2 Å². The van der Waals surface area contributed by atoms with E-state index in [2.05, 4.69) is 20.9 Å². The smallest absolute Gasteiger partial charge is 0.264 e. The molecule has 286 valence electrons. The molecular formula is C39H51N5O8S. The molecule has 0 saturated carbocycles. The molecule has 0 bridgehead atoms. The summed E-state index contributed by atoms with van der Waals surface area (Å²) in [5.41, 5.74) is 2.27. The van der Waals surface area contributed by atoms with Crippen LogP contribution in [0.4, 0.5) is 5.95 Å². The van der Waals surface area contributed by atoms with Crippen molar-refractivity contribution in [3.05, 3.63) is 77.9 Å². The second-order valence-electron chi connectivity index (χ2n) is 13.6. The lowest BCUT2D eigenvalue weighted by atomic mass is 9.74. The molecule has 2 unspecified atom stereocenters. The summed E-state index contributed by atoms with van der Waals surface area (Å²) in [4.78, 5) is 23.7. The van der Waals surface area contributed by atoms with Crippen molar-refractivity contribution in [3.8, 4) is 17.2 Å². The zero-order valence-electron chi connectivity index (χ0n) is 31.2. The number of methoxy groups -OCH3 is 3. The first-order chi connectivity index (χ1) is 25.6. The third-order valence-electron chi connectivity index (χ3n) is 10.3. The zero-order valence-corrected chi connectivity index (χ0v) is 32.1. The largest absolute Gasteiger partial charge is 0.493 e. The normalized spacial score (nSPS) is 19.9. The van der Waals surface area contributed by atoms with Gasteiger partial charge in [-0.05, 0) is 68.1 Å². The topological polar surface area (TPSA) is 134 Å². The van der Waals surface area contributed by atoms with E-state index in [-0.39, 0.29) is 25.0 Å². The van der Waals surface area contributed by atoms with Crippen LogP contribution in [0.2, 0.25) is 0 Å². The SMILES string of the molecule is CCOCCn1c(NC2CCN(CCC3(c4ccccc4)C(=O)N(Cc4cc(OC)c(OC)c(OC)c4)CC3OS(C)(=O)=O)CC2)nc2ccccc21. The Balaban J connectivity index is 1.21. The van der Waals surface area contributed by atoms with Gasteiger partial charge in [0, 0.05) is 38.8 Å². The van der Waals surface area contributed by atoms with Gasteiger partial charge in [0.1, 0.15) is 11.5 Å². The van der Waals surface area contributed by atoms with Gasteiger partial charge in [-0.3, -0.25) is 8.98 Å². The monoisotopic (exact) mass is 749 g/mol. The minimum absolute atomic E-state index is 0.0910. The molecular weight excluding hydrogens is 699 g/mol. The van der Waals surface area contributed by atoms with Gasteiger partial charge in [-0.15, -0.1) is 0 Å². The van der Waals surface area contributed by atoms with Gasteiger partial charge in [-0.2, -0.15) is 8.42 Å². The Labute approximate surface area is 312 Å². The highest BCUT2D eigenvalue weighted by Crippen LogP contribution is 2.44. The summed E-state index contributed by atoms with van der Waals surface area (Å²) in [6, 6.07) is 21.4. The first-order valence-corrected chi connectivity index (χ1v) is 20.0. The molecule has 4 aromatic rings. The van der Waals surface area contributed by atoms with Gasteiger partial charge in [0.05, 0.1) is 51.8 Å². The molecule has 1 amide bonds. The third-order valence-corrected chi connectivity index (χ3v) is 10.9. The summed E-state index contributed by atoms with van der Waals surface area (Å²) in [5, 5.41) is 3.71. The molecule has 0 spiro atoms. The molecule has 6 rings (SSSR count). The number of carbonyl (C=O) groups is 1. The summed E-state index contributed by atoms with van der Waals surface area (Å²) >= 11 is 0. The van der Waals surface area contributed by atoms with Crippen LogP contribution in [-0.4, -0.2) is 113 Å². The fourth-order valence-corrected chi connectivity index (χ4v) is 8.40. The number of rotatable bonds is 17. The summed E-state index contributed by atoms with van der Waals surface area (Å²) in [6.45, 7) is 6.46. The Morgan fingerprint density at radius 3 is 2.25 bits per heavy atom. The van der Waals surface area contributed by atoms with Crippen LogP contribution >= 0.6 is 0 Å². The quantitative estimate of drug-likeness (QED) is 0.119. The standard InChI is InChI=1S/C39H51N5O8S/c1-6-51-23-22-44-32-15-11-10-14-31(32)41-38(44)40-30-16-19-42(20-17-30)21-18-39(29-12-8-7-9-13-29)35(52-53(5,46)47)27-43(37(39)45)26-28-24-33(48-2)36(50-4)34(25-28)49-3/h7-15,24-25,30,35H,6,16-23,26-27H2,1-5H3,(H,40,41). The molecule has 0 radical (unpaired) electrons. The van der Waals surface area contributed by atoms with Crippen LogP contribution in [-0.2, 0) is 42.3 Å². The van der Waals surface area contributed by atoms with E-state index in [1.165, 1.54) is 21.3 Å². The lowest BCUT2D eigenvalue weighted by Crippen LogP contribution is -2.48. The number of nitrogens with zero attached hydrogens (tertiary/aromatic N) is 4. The number of hydrogen-bond acceptors (Lipinski definition) is 11. The Morgan fingerprint density at radius 1 is 0.925 bits per heavy atom. The number of ether oxygens (including phenoxy) is 4. The predicted octanol–water partition coefficient (Wildman–Crippen LogP) is 4.69. The van der Waals surface area contributed by atoms with Gasteiger partial charge in [0.25, 0.3) is 10.1 Å². The number of piperidine rings is 1. The van der Waals surface area contributed by atoms with Crippen molar-refractivity contribution < 1.29 is 36.3 Å². The van der Waals surface area contributed by atoms with E-state index < -0.39 is 21.6 Å². The predicted molar refractivity (Wildman–Crippen MR) is 203 cm³/mol. The maximum atomic E-state index is 14.8. The number of likely N-dealkylation sites (tertiary alicyclic amines) is 2. The van der Waals surface area contributed by atoms with Crippen molar-refractivity contribution in [2.24, 2.45) is 0 Å². The molecule has 2 saturated heterocycles. The highest BCUT2D eigenvalue weighted by molar-refractivity contribution is 7.86. The first kappa shape index (κ1) is 38.4. The van der Waals surface area contributed by atoms with Crippen molar-refractivity contribution in [1.29, 1.82) is 0 Å². The number of carbonyl (C=O) groups excluding carboxylic acids is 1. The molecule has 2 aliphatic heterocycles. The molecule has 2 atom stereocenters. The number of anilines is 1. The number of aromatic nitrogens is 2. The highest BCUT2D eigenvalue weighted by Gasteiger charge is 2.57. The van der Waals surface area contributed by atoms with E-state index in [1.54, 1.807) is 17.0 Å². The minimum atomic E-state index is -3.91. The fraction of sp³-hybridized carbons (Fsp3) is 0.487. The molecule has 3 aromatic carbocycles. The minimum Gasteiger partial charge on any atom is -0.493 e. The molecule has 2 fully saturated rings. The summed E-state index contributed by atoms with van der Waals surface area (Å²) in [7, 11) is 0.703. The molecule has 2 aliphatic rings. The number of benzene rings is 3. The molecule has 14 heteroatoms. The Morgan fingerprint density at radius 2 is 1.60 bits per heavy atom. The maximum Gasteiger partial charge on any atom is 0.264 e. The number of hydrogen-bond donors (Lipinski definition) is 1. The third kappa shape index (κ3) is 8.40. The van der Waals surface area contributed by atoms with E-state index in [0.29, 0.717) is 50.0 Å². The van der Waals surface area contributed by atoms with Crippen LogP contribution in [0.1, 0.15) is 37.3 Å². The molecule has 53 heavy (non-hydrogen) atoms. The fourth-order valence-electron chi connectivity index (χ4n) is 7.75. The van der Waals surface area contributed by atoms with Crippen LogP contribution < -0.4 is 19.5 Å².